The van der Waals surface area contributed by atoms with E-state index in [0.717, 1.165) is 5.69 Å². The first-order valence-electron chi connectivity index (χ1n) is 9.30. The van der Waals surface area contributed by atoms with Gasteiger partial charge in [-0.15, -0.1) is 0 Å². The Morgan fingerprint density at radius 2 is 1.70 bits per heavy atom. The number of carbonyl (C=O) groups excluding carboxylic acids is 2. The van der Waals surface area contributed by atoms with Crippen LogP contribution in [0.5, 0.6) is 0 Å². The average molecular weight is 401 g/mol. The highest BCUT2D eigenvalue weighted by molar-refractivity contribution is 6.10. The normalized spacial score (nSPS) is 10.9. The number of rotatable bonds is 3. The molecule has 0 bridgehead atoms. The summed E-state index contributed by atoms with van der Waals surface area (Å²) in [5.41, 5.74) is 3.86. The van der Waals surface area contributed by atoms with Gasteiger partial charge in [0.25, 0.3) is 5.91 Å². The minimum Gasteiger partial charge on any atom is -0.465 e. The number of benzene rings is 2. The van der Waals surface area contributed by atoms with Gasteiger partial charge in [0.1, 0.15) is 0 Å². The first-order valence-corrected chi connectivity index (χ1v) is 9.30. The van der Waals surface area contributed by atoms with Gasteiger partial charge in [0.15, 0.2) is 5.43 Å². The Kier molecular flexibility index (Phi) is 4.79. The summed E-state index contributed by atoms with van der Waals surface area (Å²) in [6, 6.07) is 13.1. The number of H-pyrrole nitrogens is 1. The fraction of sp³-hybridized carbons (Fsp3) is 0.130. The van der Waals surface area contributed by atoms with Gasteiger partial charge < -0.3 is 15.0 Å². The van der Waals surface area contributed by atoms with Crippen molar-refractivity contribution in [2.75, 3.05) is 12.4 Å². The van der Waals surface area contributed by atoms with Crippen LogP contribution >= 0.6 is 0 Å². The third kappa shape index (κ3) is 3.53. The predicted molar refractivity (Wildman–Crippen MR) is 115 cm³/mol. The number of aromatic nitrogens is 2. The Balaban J connectivity index is 1.76. The zero-order valence-electron chi connectivity index (χ0n) is 16.7. The van der Waals surface area contributed by atoms with E-state index < -0.39 is 5.97 Å². The van der Waals surface area contributed by atoms with Gasteiger partial charge in [0, 0.05) is 39.3 Å². The quantitative estimate of drug-likeness (QED) is 0.510. The van der Waals surface area contributed by atoms with Crippen LogP contribution in [0.1, 0.15) is 32.1 Å². The third-order valence-corrected chi connectivity index (χ3v) is 4.83. The summed E-state index contributed by atoms with van der Waals surface area (Å²) in [6.07, 6.45) is 0. The number of aryl methyl sites for hydroxylation is 2. The minimum absolute atomic E-state index is 0.149. The highest BCUT2D eigenvalue weighted by Crippen LogP contribution is 2.25. The molecule has 0 atom stereocenters. The largest absolute Gasteiger partial charge is 0.465 e. The lowest BCUT2D eigenvalue weighted by molar-refractivity contribution is 0.0601. The standard InChI is InChI=1S/C23H19N3O4/c1-12-8-20(16-11-15(23(29)30-3)5-7-18(16)24-12)26-22(28)14-4-6-19-17(10-14)21(27)9-13(2)25-19/h4-11H,1-3H3,(H,25,27)(H,24,26,28). The molecule has 0 saturated heterocycles. The van der Waals surface area contributed by atoms with E-state index in [1.54, 1.807) is 49.4 Å². The molecule has 30 heavy (non-hydrogen) atoms. The van der Waals surface area contributed by atoms with Gasteiger partial charge in [-0.25, -0.2) is 4.79 Å². The summed E-state index contributed by atoms with van der Waals surface area (Å²) in [6.45, 7) is 3.63. The molecule has 2 aromatic carbocycles. The summed E-state index contributed by atoms with van der Waals surface area (Å²) in [5.74, 6) is -0.842. The first-order chi connectivity index (χ1) is 14.4. The van der Waals surface area contributed by atoms with Crippen LogP contribution in [-0.2, 0) is 4.74 Å². The number of esters is 1. The molecule has 2 aromatic heterocycles. The Hall–Kier alpha value is -4.00. The van der Waals surface area contributed by atoms with E-state index in [9.17, 15) is 14.4 Å². The summed E-state index contributed by atoms with van der Waals surface area (Å²) in [5, 5.41) is 3.94. The molecule has 4 aromatic rings. The van der Waals surface area contributed by atoms with Crippen molar-refractivity contribution in [3.8, 4) is 0 Å². The third-order valence-electron chi connectivity index (χ3n) is 4.83. The average Bonchev–Trinajstić information content (AvgIpc) is 2.72. The monoisotopic (exact) mass is 401 g/mol. The van der Waals surface area contributed by atoms with E-state index in [-0.39, 0.29) is 11.3 Å². The molecule has 0 aliphatic rings. The van der Waals surface area contributed by atoms with Gasteiger partial charge in [0.05, 0.1) is 23.9 Å². The van der Waals surface area contributed by atoms with E-state index in [0.29, 0.717) is 44.3 Å². The number of ether oxygens (including phenoxy) is 1. The van der Waals surface area contributed by atoms with E-state index in [4.69, 9.17) is 4.74 Å². The number of pyridine rings is 2. The second-order valence-electron chi connectivity index (χ2n) is 7.07. The first kappa shape index (κ1) is 19.3. The Labute approximate surface area is 171 Å². The molecular formula is C23H19N3O4. The molecule has 0 fully saturated rings. The molecule has 0 spiro atoms. The smallest absolute Gasteiger partial charge is 0.337 e. The Morgan fingerprint density at radius 1 is 0.967 bits per heavy atom. The summed E-state index contributed by atoms with van der Waals surface area (Å²) >= 11 is 0. The van der Waals surface area contributed by atoms with E-state index in [1.165, 1.54) is 13.2 Å². The van der Waals surface area contributed by atoms with Crippen molar-refractivity contribution in [3.05, 3.63) is 81.3 Å². The van der Waals surface area contributed by atoms with Gasteiger partial charge in [-0.2, -0.15) is 0 Å². The number of aromatic amines is 1. The lowest BCUT2D eigenvalue weighted by atomic mass is 10.1. The van der Waals surface area contributed by atoms with Crippen molar-refractivity contribution in [1.29, 1.82) is 0 Å². The molecule has 0 radical (unpaired) electrons. The molecule has 150 valence electrons. The number of carbonyl (C=O) groups is 2. The molecule has 0 unspecified atom stereocenters. The number of nitrogens with one attached hydrogen (secondary N) is 2. The highest BCUT2D eigenvalue weighted by atomic mass is 16.5. The van der Waals surface area contributed by atoms with Crippen LogP contribution < -0.4 is 10.7 Å². The molecule has 4 rings (SSSR count). The maximum absolute atomic E-state index is 12.9. The summed E-state index contributed by atoms with van der Waals surface area (Å²) in [7, 11) is 1.31. The van der Waals surface area contributed by atoms with E-state index in [2.05, 4.69) is 15.3 Å². The van der Waals surface area contributed by atoms with Crippen LogP contribution in [0.4, 0.5) is 5.69 Å². The van der Waals surface area contributed by atoms with Crippen molar-refractivity contribution < 1.29 is 14.3 Å². The number of methoxy groups -OCH3 is 1. The molecule has 0 aliphatic carbocycles. The van der Waals surface area contributed by atoms with Crippen molar-refractivity contribution in [3.63, 3.8) is 0 Å². The van der Waals surface area contributed by atoms with Crippen molar-refractivity contribution in [1.82, 2.24) is 9.97 Å². The van der Waals surface area contributed by atoms with Crippen LogP contribution in [0, 0.1) is 13.8 Å². The van der Waals surface area contributed by atoms with Gasteiger partial charge in [0.2, 0.25) is 0 Å². The predicted octanol–water partition coefficient (Wildman–Crippen LogP) is 3.73. The maximum Gasteiger partial charge on any atom is 0.337 e. The number of hydrogen-bond donors (Lipinski definition) is 2. The molecule has 7 heteroatoms. The molecule has 1 amide bonds. The van der Waals surface area contributed by atoms with Crippen LogP contribution in [-0.4, -0.2) is 29.0 Å². The lowest BCUT2D eigenvalue weighted by Gasteiger charge is -2.11. The molecule has 0 saturated carbocycles. The van der Waals surface area contributed by atoms with Crippen molar-refractivity contribution in [2.45, 2.75) is 13.8 Å². The number of amides is 1. The second kappa shape index (κ2) is 7.44. The van der Waals surface area contributed by atoms with E-state index >= 15 is 0 Å². The molecular weight excluding hydrogens is 382 g/mol. The number of anilines is 1. The minimum atomic E-state index is -0.473. The second-order valence-corrected chi connectivity index (χ2v) is 7.07. The molecule has 2 heterocycles. The SMILES string of the molecule is COC(=O)c1ccc2nc(C)cc(NC(=O)c3ccc4[nH]c(C)cc(=O)c4c3)c2c1. The van der Waals surface area contributed by atoms with Crippen molar-refractivity contribution >= 4 is 39.4 Å². The number of fused-ring (bicyclic) bond motifs is 2. The number of hydrogen-bond acceptors (Lipinski definition) is 5. The van der Waals surface area contributed by atoms with Gasteiger partial charge >= 0.3 is 5.97 Å². The van der Waals surface area contributed by atoms with Crippen LogP contribution in [0.15, 0.2) is 53.3 Å². The van der Waals surface area contributed by atoms with Gasteiger partial charge in [-0.1, -0.05) is 0 Å². The molecule has 0 aliphatic heterocycles. The fourth-order valence-corrected chi connectivity index (χ4v) is 3.42. The van der Waals surface area contributed by atoms with Gasteiger partial charge in [-0.05, 0) is 56.3 Å². The van der Waals surface area contributed by atoms with Gasteiger partial charge in [-0.3, -0.25) is 14.6 Å². The Bertz CT molecular complexity index is 1390. The summed E-state index contributed by atoms with van der Waals surface area (Å²) in [4.78, 5) is 44.7. The maximum atomic E-state index is 12.9. The molecule has 2 N–H and O–H groups in total. The van der Waals surface area contributed by atoms with Crippen LogP contribution in [0.25, 0.3) is 21.8 Å². The highest BCUT2D eigenvalue weighted by Gasteiger charge is 2.14. The Morgan fingerprint density at radius 3 is 2.47 bits per heavy atom. The van der Waals surface area contributed by atoms with Crippen LogP contribution in [0.2, 0.25) is 0 Å². The van der Waals surface area contributed by atoms with Crippen molar-refractivity contribution in [2.24, 2.45) is 0 Å². The fourth-order valence-electron chi connectivity index (χ4n) is 3.42. The zero-order valence-corrected chi connectivity index (χ0v) is 16.7. The lowest BCUT2D eigenvalue weighted by Crippen LogP contribution is -2.14. The zero-order chi connectivity index (χ0) is 21.4. The van der Waals surface area contributed by atoms with E-state index in [1.807, 2.05) is 6.92 Å². The number of nitrogens with zero attached hydrogens (tertiary/aromatic N) is 1. The molecule has 7 nitrogen and oxygen atoms in total. The topological polar surface area (TPSA) is 101 Å². The van der Waals surface area contributed by atoms with Crippen LogP contribution in [0.3, 0.4) is 0 Å². The summed E-state index contributed by atoms with van der Waals surface area (Å²) < 4.78 is 4.78.